The number of hydrogen-bond acceptors (Lipinski definition) is 3. The summed E-state index contributed by atoms with van der Waals surface area (Å²) < 4.78 is 0. The maximum Gasteiger partial charge on any atom is 0.266 e. The summed E-state index contributed by atoms with van der Waals surface area (Å²) in [5, 5.41) is 0. The van der Waals surface area contributed by atoms with Gasteiger partial charge in [-0.2, -0.15) is 0 Å². The van der Waals surface area contributed by atoms with Gasteiger partial charge in [-0.05, 0) is 18.8 Å². The summed E-state index contributed by atoms with van der Waals surface area (Å²) in [7, 11) is 0. The molecule has 0 aromatic rings. The molecule has 0 aliphatic heterocycles. The van der Waals surface area contributed by atoms with Crippen molar-refractivity contribution in [3.63, 3.8) is 0 Å². The van der Waals surface area contributed by atoms with Gasteiger partial charge in [0.15, 0.2) is 0 Å². The fourth-order valence-corrected chi connectivity index (χ4v) is 1.24. The molecule has 1 amide bonds. The second kappa shape index (κ2) is 3.05. The van der Waals surface area contributed by atoms with Crippen molar-refractivity contribution < 1.29 is 4.79 Å². The molecule has 12 heavy (non-hydrogen) atoms. The van der Waals surface area contributed by atoms with Crippen LogP contribution in [-0.2, 0) is 4.79 Å². The van der Waals surface area contributed by atoms with E-state index in [0.717, 1.165) is 0 Å². The van der Waals surface area contributed by atoms with Crippen LogP contribution in [0.4, 0.5) is 0 Å². The van der Waals surface area contributed by atoms with Gasteiger partial charge in [-0.25, -0.2) is 0 Å². The third kappa shape index (κ3) is 1.69. The Bertz CT molecular complexity index is 230. The molecule has 1 fully saturated rings. The molecule has 6 N–H and O–H groups in total. The van der Waals surface area contributed by atoms with Gasteiger partial charge in [0.25, 0.3) is 5.91 Å². The second-order valence-electron chi connectivity index (χ2n) is 3.36. The van der Waals surface area contributed by atoms with Crippen LogP contribution in [0.15, 0.2) is 11.4 Å². The zero-order chi connectivity index (χ0) is 9.30. The molecular formula is C8H15N3O. The number of rotatable bonds is 3. The third-order valence-electron chi connectivity index (χ3n) is 2.40. The first kappa shape index (κ1) is 8.90. The fourth-order valence-electron chi connectivity index (χ4n) is 1.24. The molecule has 1 rings (SSSR count). The van der Waals surface area contributed by atoms with Gasteiger partial charge in [0.2, 0.25) is 0 Å². The molecule has 0 saturated heterocycles. The molecule has 0 heterocycles. The minimum absolute atomic E-state index is 0.0226. The fraction of sp³-hybridized carbons (Fsp3) is 0.625. The summed E-state index contributed by atoms with van der Waals surface area (Å²) in [5.41, 5.74) is 16.5. The van der Waals surface area contributed by atoms with Gasteiger partial charge in [0.05, 0.1) is 0 Å². The van der Waals surface area contributed by atoms with Gasteiger partial charge in [0, 0.05) is 11.6 Å². The second-order valence-corrected chi connectivity index (χ2v) is 3.36. The van der Waals surface area contributed by atoms with E-state index in [1.165, 1.54) is 12.8 Å². The lowest BCUT2D eigenvalue weighted by Gasteiger charge is -2.11. The van der Waals surface area contributed by atoms with Gasteiger partial charge >= 0.3 is 0 Å². The lowest BCUT2D eigenvalue weighted by molar-refractivity contribution is -0.114. The Morgan fingerprint density at radius 1 is 1.33 bits per heavy atom. The number of carbonyl (C=O) groups excluding carboxylic acids is 1. The van der Waals surface area contributed by atoms with Crippen molar-refractivity contribution in [2.24, 2.45) is 29.0 Å². The summed E-state index contributed by atoms with van der Waals surface area (Å²) in [6, 6.07) is 0. The molecular weight excluding hydrogens is 154 g/mol. The van der Waals surface area contributed by atoms with E-state index in [-0.39, 0.29) is 11.6 Å². The molecule has 0 bridgehead atoms. The van der Waals surface area contributed by atoms with Crippen LogP contribution in [0.2, 0.25) is 0 Å². The Morgan fingerprint density at radius 2 is 1.83 bits per heavy atom. The minimum Gasteiger partial charge on any atom is -0.400 e. The number of primary amides is 1. The highest BCUT2D eigenvalue weighted by Gasteiger charge is 2.30. The SMILES string of the molecule is CC(/C(N)=C(\N)C(N)=O)C1CC1. The van der Waals surface area contributed by atoms with Crippen LogP contribution in [0.5, 0.6) is 0 Å². The normalized spacial score (nSPS) is 21.4. The zero-order valence-corrected chi connectivity index (χ0v) is 7.21. The van der Waals surface area contributed by atoms with E-state index in [9.17, 15) is 4.79 Å². The quantitative estimate of drug-likeness (QED) is 0.504. The Kier molecular flexibility index (Phi) is 2.26. The smallest absolute Gasteiger partial charge is 0.266 e. The Balaban J connectivity index is 2.71. The molecule has 0 radical (unpaired) electrons. The summed E-state index contributed by atoms with van der Waals surface area (Å²) >= 11 is 0. The van der Waals surface area contributed by atoms with E-state index in [1.54, 1.807) is 0 Å². The van der Waals surface area contributed by atoms with Crippen LogP contribution in [0.25, 0.3) is 0 Å². The highest BCUT2D eigenvalue weighted by atomic mass is 16.1. The van der Waals surface area contributed by atoms with Gasteiger partial charge < -0.3 is 17.2 Å². The first-order chi connectivity index (χ1) is 5.54. The van der Waals surface area contributed by atoms with Crippen LogP contribution in [0.1, 0.15) is 19.8 Å². The van der Waals surface area contributed by atoms with Crippen molar-refractivity contribution in [1.29, 1.82) is 0 Å². The van der Waals surface area contributed by atoms with E-state index in [1.807, 2.05) is 6.92 Å². The molecule has 4 nitrogen and oxygen atoms in total. The lowest BCUT2D eigenvalue weighted by atomic mass is 10.0. The van der Waals surface area contributed by atoms with Crippen LogP contribution in [0.3, 0.4) is 0 Å². The largest absolute Gasteiger partial charge is 0.400 e. The molecule has 1 aliphatic carbocycles. The van der Waals surface area contributed by atoms with Crippen LogP contribution >= 0.6 is 0 Å². The van der Waals surface area contributed by atoms with Crippen molar-refractivity contribution in [3.8, 4) is 0 Å². The van der Waals surface area contributed by atoms with Gasteiger partial charge in [-0.15, -0.1) is 0 Å². The average molecular weight is 169 g/mol. The van der Waals surface area contributed by atoms with E-state index in [4.69, 9.17) is 17.2 Å². The number of nitrogens with two attached hydrogens (primary N) is 3. The Labute approximate surface area is 71.8 Å². The van der Waals surface area contributed by atoms with E-state index < -0.39 is 5.91 Å². The topological polar surface area (TPSA) is 95.1 Å². The molecule has 1 aliphatic rings. The molecule has 1 atom stereocenters. The summed E-state index contributed by atoms with van der Waals surface area (Å²) in [6.45, 7) is 1.98. The highest BCUT2D eigenvalue weighted by molar-refractivity contribution is 5.91. The lowest BCUT2D eigenvalue weighted by Crippen LogP contribution is -2.27. The first-order valence-corrected chi connectivity index (χ1v) is 4.09. The molecule has 68 valence electrons. The van der Waals surface area contributed by atoms with Gasteiger partial charge in [-0.3, -0.25) is 4.79 Å². The van der Waals surface area contributed by atoms with E-state index in [2.05, 4.69) is 0 Å². The van der Waals surface area contributed by atoms with Crippen LogP contribution in [0, 0.1) is 11.8 Å². The Hall–Kier alpha value is -1.19. The molecule has 1 unspecified atom stereocenters. The predicted molar refractivity (Wildman–Crippen MR) is 46.5 cm³/mol. The third-order valence-corrected chi connectivity index (χ3v) is 2.40. The van der Waals surface area contributed by atoms with Crippen molar-refractivity contribution in [2.75, 3.05) is 0 Å². The number of hydrogen-bond donors (Lipinski definition) is 3. The predicted octanol–water partition coefficient (Wildman–Crippen LogP) is -0.353. The van der Waals surface area contributed by atoms with Crippen molar-refractivity contribution in [2.45, 2.75) is 19.8 Å². The minimum atomic E-state index is -0.625. The van der Waals surface area contributed by atoms with Crippen molar-refractivity contribution >= 4 is 5.91 Å². The number of amides is 1. The van der Waals surface area contributed by atoms with Gasteiger partial charge in [-0.1, -0.05) is 6.92 Å². The maximum absolute atomic E-state index is 10.6. The average Bonchev–Trinajstić information content (AvgIpc) is 2.82. The summed E-state index contributed by atoms with van der Waals surface area (Å²) in [5.74, 6) is 0.167. The molecule has 4 heteroatoms. The van der Waals surface area contributed by atoms with Crippen molar-refractivity contribution in [3.05, 3.63) is 11.4 Å². The highest BCUT2D eigenvalue weighted by Crippen LogP contribution is 2.39. The maximum atomic E-state index is 10.6. The molecule has 0 aromatic carbocycles. The summed E-state index contributed by atoms with van der Waals surface area (Å²) in [4.78, 5) is 10.6. The standard InChI is InChI=1S/C8H15N3O/c1-4(5-2-3-5)6(9)7(10)8(11)12/h4-5H,2-3,9-10H2,1H3,(H2,11,12)/b7-6+. The van der Waals surface area contributed by atoms with Crippen molar-refractivity contribution in [1.82, 2.24) is 0 Å². The van der Waals surface area contributed by atoms with E-state index in [0.29, 0.717) is 11.6 Å². The Morgan fingerprint density at radius 3 is 2.17 bits per heavy atom. The number of carbonyl (C=O) groups is 1. The monoisotopic (exact) mass is 169 g/mol. The zero-order valence-electron chi connectivity index (χ0n) is 7.21. The van der Waals surface area contributed by atoms with Crippen LogP contribution in [-0.4, -0.2) is 5.91 Å². The summed E-state index contributed by atoms with van der Waals surface area (Å²) in [6.07, 6.45) is 2.35. The van der Waals surface area contributed by atoms with Crippen LogP contribution < -0.4 is 17.2 Å². The van der Waals surface area contributed by atoms with E-state index >= 15 is 0 Å². The molecule has 0 spiro atoms. The molecule has 0 aromatic heterocycles. The number of allylic oxidation sites excluding steroid dienone is 1. The first-order valence-electron chi connectivity index (χ1n) is 4.09. The van der Waals surface area contributed by atoms with Gasteiger partial charge in [0.1, 0.15) is 5.70 Å². The molecule has 1 saturated carbocycles.